The standard InChI is InChI=1S/C15H24N2O3/c1-15(2,17-5-7-20-8-6-17)11-16-10-12-3-4-13(18)9-14(12)19/h3-4,9,16,18-19H,5-8,10-11H2,1-2H3. The van der Waals surface area contributed by atoms with Gasteiger partial charge in [0, 0.05) is 43.3 Å². The summed E-state index contributed by atoms with van der Waals surface area (Å²) in [6, 6.07) is 4.69. The Labute approximate surface area is 120 Å². The molecule has 0 amide bonds. The summed E-state index contributed by atoms with van der Waals surface area (Å²) in [6.07, 6.45) is 0. The van der Waals surface area contributed by atoms with E-state index in [4.69, 9.17) is 4.74 Å². The van der Waals surface area contributed by atoms with Crippen LogP contribution in [0.5, 0.6) is 11.5 Å². The molecule has 0 unspecified atom stereocenters. The van der Waals surface area contributed by atoms with Crippen LogP contribution in [0, 0.1) is 0 Å². The van der Waals surface area contributed by atoms with Crippen LogP contribution in [0.25, 0.3) is 0 Å². The molecule has 2 rings (SSSR count). The van der Waals surface area contributed by atoms with Crippen LogP contribution >= 0.6 is 0 Å². The van der Waals surface area contributed by atoms with Crippen LogP contribution in [0.1, 0.15) is 19.4 Å². The minimum absolute atomic E-state index is 0.0519. The van der Waals surface area contributed by atoms with E-state index in [9.17, 15) is 10.2 Å². The van der Waals surface area contributed by atoms with Crippen molar-refractivity contribution in [2.75, 3.05) is 32.8 Å². The summed E-state index contributed by atoms with van der Waals surface area (Å²) >= 11 is 0. The van der Waals surface area contributed by atoms with Crippen molar-refractivity contribution >= 4 is 0 Å². The molecular formula is C15H24N2O3. The Hall–Kier alpha value is -1.30. The molecule has 1 fully saturated rings. The van der Waals surface area contributed by atoms with E-state index in [0.29, 0.717) is 6.54 Å². The Balaban J connectivity index is 1.85. The van der Waals surface area contributed by atoms with Gasteiger partial charge in [-0.05, 0) is 19.9 Å². The molecule has 1 aliphatic rings. The lowest BCUT2D eigenvalue weighted by Crippen LogP contribution is -2.54. The number of ether oxygens (including phenoxy) is 1. The summed E-state index contributed by atoms with van der Waals surface area (Å²) in [5.41, 5.74) is 0.844. The highest BCUT2D eigenvalue weighted by Gasteiger charge is 2.27. The summed E-state index contributed by atoms with van der Waals surface area (Å²) < 4.78 is 5.38. The molecule has 0 saturated carbocycles. The number of phenols is 2. The second-order valence-corrected chi connectivity index (χ2v) is 5.83. The highest BCUT2D eigenvalue weighted by atomic mass is 16.5. The van der Waals surface area contributed by atoms with Crippen molar-refractivity contribution < 1.29 is 14.9 Å². The van der Waals surface area contributed by atoms with Crippen molar-refractivity contribution in [2.24, 2.45) is 0 Å². The fourth-order valence-electron chi connectivity index (χ4n) is 2.49. The first-order chi connectivity index (χ1) is 9.49. The lowest BCUT2D eigenvalue weighted by molar-refractivity contribution is -0.00967. The van der Waals surface area contributed by atoms with E-state index in [-0.39, 0.29) is 17.0 Å². The van der Waals surface area contributed by atoms with Crippen LogP contribution in [-0.2, 0) is 11.3 Å². The predicted octanol–water partition coefficient (Wildman–Crippen LogP) is 1.30. The first-order valence-electron chi connectivity index (χ1n) is 7.03. The van der Waals surface area contributed by atoms with Crippen LogP contribution < -0.4 is 5.32 Å². The zero-order valence-electron chi connectivity index (χ0n) is 12.2. The molecule has 0 bridgehead atoms. The third-order valence-corrected chi connectivity index (χ3v) is 3.81. The first-order valence-corrected chi connectivity index (χ1v) is 7.03. The van der Waals surface area contributed by atoms with Crippen LogP contribution in [0.4, 0.5) is 0 Å². The largest absolute Gasteiger partial charge is 0.508 e. The second-order valence-electron chi connectivity index (χ2n) is 5.83. The van der Waals surface area contributed by atoms with Gasteiger partial charge in [0.1, 0.15) is 11.5 Å². The Bertz CT molecular complexity index is 443. The Kier molecular flexibility index (Phi) is 4.86. The zero-order chi connectivity index (χ0) is 14.6. The van der Waals surface area contributed by atoms with Gasteiger partial charge in [0.2, 0.25) is 0 Å². The molecule has 3 N–H and O–H groups in total. The van der Waals surface area contributed by atoms with Gasteiger partial charge in [-0.2, -0.15) is 0 Å². The molecule has 0 atom stereocenters. The SMILES string of the molecule is CC(C)(CNCc1ccc(O)cc1O)N1CCOCC1. The molecule has 1 saturated heterocycles. The molecule has 20 heavy (non-hydrogen) atoms. The molecule has 1 aromatic rings. The average molecular weight is 280 g/mol. The Morgan fingerprint density at radius 1 is 1.25 bits per heavy atom. The maximum absolute atomic E-state index is 9.74. The van der Waals surface area contributed by atoms with Gasteiger partial charge in [-0.25, -0.2) is 0 Å². The quantitative estimate of drug-likeness (QED) is 0.759. The van der Waals surface area contributed by atoms with Crippen molar-refractivity contribution in [3.8, 4) is 11.5 Å². The molecule has 5 heteroatoms. The van der Waals surface area contributed by atoms with E-state index in [2.05, 4.69) is 24.1 Å². The van der Waals surface area contributed by atoms with Gasteiger partial charge in [-0.3, -0.25) is 4.90 Å². The molecule has 5 nitrogen and oxygen atoms in total. The summed E-state index contributed by atoms with van der Waals surface area (Å²) in [5.74, 6) is 0.210. The van der Waals surface area contributed by atoms with Gasteiger partial charge in [0.15, 0.2) is 0 Å². The van der Waals surface area contributed by atoms with E-state index in [1.807, 2.05) is 0 Å². The second kappa shape index (κ2) is 6.43. The summed E-state index contributed by atoms with van der Waals surface area (Å²) in [7, 11) is 0. The van der Waals surface area contributed by atoms with Gasteiger partial charge in [0.05, 0.1) is 13.2 Å². The van der Waals surface area contributed by atoms with Gasteiger partial charge in [-0.15, -0.1) is 0 Å². The number of hydrogen-bond donors (Lipinski definition) is 3. The van der Waals surface area contributed by atoms with Crippen molar-refractivity contribution in [2.45, 2.75) is 25.9 Å². The monoisotopic (exact) mass is 280 g/mol. The third kappa shape index (κ3) is 3.85. The number of benzene rings is 1. The minimum Gasteiger partial charge on any atom is -0.508 e. The molecular weight excluding hydrogens is 256 g/mol. The molecule has 0 radical (unpaired) electrons. The molecule has 1 heterocycles. The fourth-order valence-corrected chi connectivity index (χ4v) is 2.49. The van der Waals surface area contributed by atoms with Crippen molar-refractivity contribution in [3.63, 3.8) is 0 Å². The lowest BCUT2D eigenvalue weighted by Gasteiger charge is -2.41. The maximum Gasteiger partial charge on any atom is 0.123 e. The third-order valence-electron chi connectivity index (χ3n) is 3.81. The number of morpholine rings is 1. The first kappa shape index (κ1) is 15.1. The number of phenolic OH excluding ortho intramolecular Hbond substituents is 2. The van der Waals surface area contributed by atoms with E-state index in [1.165, 1.54) is 6.07 Å². The topological polar surface area (TPSA) is 65.0 Å². The summed E-state index contributed by atoms with van der Waals surface area (Å²) in [4.78, 5) is 2.42. The van der Waals surface area contributed by atoms with Crippen molar-refractivity contribution in [1.29, 1.82) is 0 Å². The molecule has 1 aromatic carbocycles. The smallest absolute Gasteiger partial charge is 0.123 e. The molecule has 0 spiro atoms. The van der Waals surface area contributed by atoms with Gasteiger partial charge < -0.3 is 20.3 Å². The van der Waals surface area contributed by atoms with E-state index in [0.717, 1.165) is 38.4 Å². The van der Waals surface area contributed by atoms with Crippen LogP contribution in [0.15, 0.2) is 18.2 Å². The fraction of sp³-hybridized carbons (Fsp3) is 0.600. The van der Waals surface area contributed by atoms with Crippen LogP contribution in [-0.4, -0.2) is 53.5 Å². The predicted molar refractivity (Wildman–Crippen MR) is 77.9 cm³/mol. The normalized spacial score (nSPS) is 17.3. The molecule has 0 aliphatic carbocycles. The number of nitrogens with one attached hydrogen (secondary N) is 1. The van der Waals surface area contributed by atoms with E-state index < -0.39 is 0 Å². The van der Waals surface area contributed by atoms with Gasteiger partial charge >= 0.3 is 0 Å². The summed E-state index contributed by atoms with van der Waals surface area (Å²) in [5, 5.41) is 22.4. The molecule has 0 aromatic heterocycles. The lowest BCUT2D eigenvalue weighted by atomic mass is 10.0. The van der Waals surface area contributed by atoms with Crippen molar-refractivity contribution in [3.05, 3.63) is 23.8 Å². The maximum atomic E-state index is 9.74. The molecule has 112 valence electrons. The van der Waals surface area contributed by atoms with Gasteiger partial charge in [-0.1, -0.05) is 6.07 Å². The highest BCUT2D eigenvalue weighted by molar-refractivity contribution is 5.38. The zero-order valence-corrected chi connectivity index (χ0v) is 12.2. The number of rotatable bonds is 5. The van der Waals surface area contributed by atoms with Crippen LogP contribution in [0.2, 0.25) is 0 Å². The van der Waals surface area contributed by atoms with Crippen molar-refractivity contribution in [1.82, 2.24) is 10.2 Å². The van der Waals surface area contributed by atoms with E-state index >= 15 is 0 Å². The highest BCUT2D eigenvalue weighted by Crippen LogP contribution is 2.22. The summed E-state index contributed by atoms with van der Waals surface area (Å²) in [6.45, 7) is 9.33. The number of nitrogens with zero attached hydrogens (tertiary/aromatic N) is 1. The Morgan fingerprint density at radius 2 is 1.95 bits per heavy atom. The number of hydrogen-bond acceptors (Lipinski definition) is 5. The van der Waals surface area contributed by atoms with E-state index in [1.54, 1.807) is 12.1 Å². The number of aromatic hydroxyl groups is 2. The van der Waals surface area contributed by atoms with Gasteiger partial charge in [0.25, 0.3) is 0 Å². The minimum atomic E-state index is 0.0519. The Morgan fingerprint density at radius 3 is 2.60 bits per heavy atom. The van der Waals surface area contributed by atoms with Crippen LogP contribution in [0.3, 0.4) is 0 Å². The average Bonchev–Trinajstić information content (AvgIpc) is 2.42. The molecule has 1 aliphatic heterocycles.